The van der Waals surface area contributed by atoms with Crippen LogP contribution in [0, 0.1) is 6.92 Å². The summed E-state index contributed by atoms with van der Waals surface area (Å²) in [4.78, 5) is 12.4. The molecule has 2 atom stereocenters. The number of hydrogen-bond acceptors (Lipinski definition) is 2. The lowest BCUT2D eigenvalue weighted by Gasteiger charge is -2.36. The van der Waals surface area contributed by atoms with Crippen molar-refractivity contribution >= 4 is 11.6 Å². The molecule has 96 valence electrons. The molecule has 1 saturated heterocycles. The number of fused-ring (bicyclic) bond motifs is 2. The zero-order valence-electron chi connectivity index (χ0n) is 11.0. The Balaban J connectivity index is 2.06. The first kappa shape index (κ1) is 11.7. The Bertz CT molecular complexity index is 497. The number of amides is 1. The number of hydrogen-bond donors (Lipinski definition) is 1. The van der Waals surface area contributed by atoms with Crippen molar-refractivity contribution in [1.82, 2.24) is 0 Å². The van der Waals surface area contributed by atoms with Gasteiger partial charge < -0.3 is 10.1 Å². The smallest absolute Gasteiger partial charge is 0.235 e. The number of ether oxygens (including phenoxy) is 1. The van der Waals surface area contributed by atoms with Gasteiger partial charge >= 0.3 is 0 Å². The average molecular weight is 245 g/mol. The van der Waals surface area contributed by atoms with Gasteiger partial charge in [-0.25, -0.2) is 0 Å². The molecule has 0 radical (unpaired) electrons. The van der Waals surface area contributed by atoms with E-state index in [1.165, 1.54) is 11.1 Å². The first-order chi connectivity index (χ1) is 8.65. The van der Waals surface area contributed by atoms with Crippen molar-refractivity contribution in [3.05, 3.63) is 29.3 Å². The number of nitrogens with one attached hydrogen (secondary N) is 1. The van der Waals surface area contributed by atoms with E-state index in [1.54, 1.807) is 0 Å². The fourth-order valence-electron chi connectivity index (χ4n) is 3.19. The zero-order chi connectivity index (χ0) is 12.8. The van der Waals surface area contributed by atoms with Crippen molar-refractivity contribution < 1.29 is 9.53 Å². The van der Waals surface area contributed by atoms with Gasteiger partial charge in [0.25, 0.3) is 0 Å². The second-order valence-corrected chi connectivity index (χ2v) is 5.44. The summed E-state index contributed by atoms with van der Waals surface area (Å²) < 4.78 is 5.73. The summed E-state index contributed by atoms with van der Waals surface area (Å²) in [6, 6.07) is 6.23. The van der Waals surface area contributed by atoms with Gasteiger partial charge in [0.1, 0.15) is 0 Å². The minimum Gasteiger partial charge on any atom is -0.378 e. The molecule has 1 N–H and O–H groups in total. The summed E-state index contributed by atoms with van der Waals surface area (Å²) in [5.41, 5.74) is 3.03. The summed E-state index contributed by atoms with van der Waals surface area (Å²) in [5, 5.41) is 3.04. The van der Waals surface area contributed by atoms with E-state index in [0.717, 1.165) is 24.9 Å². The van der Waals surface area contributed by atoms with Crippen LogP contribution < -0.4 is 5.32 Å². The van der Waals surface area contributed by atoms with Crippen LogP contribution in [-0.2, 0) is 14.9 Å². The Hall–Kier alpha value is -1.35. The molecule has 1 aromatic rings. The third-order valence-corrected chi connectivity index (χ3v) is 4.29. The number of anilines is 1. The second-order valence-electron chi connectivity index (χ2n) is 5.44. The van der Waals surface area contributed by atoms with Gasteiger partial charge in [-0.1, -0.05) is 24.6 Å². The summed E-state index contributed by atoms with van der Waals surface area (Å²) in [6.45, 7) is 4.88. The van der Waals surface area contributed by atoms with Crippen LogP contribution in [0.4, 0.5) is 5.69 Å². The standard InChI is InChI=1S/C15H19NO2/c1-3-11-9-15(6-7-18-11)12-8-10(2)4-5-13(12)16-14(15)17/h4-5,8,11H,3,6-7,9H2,1-2H3,(H,16,17). The number of rotatable bonds is 1. The Morgan fingerprint density at radius 1 is 1.50 bits per heavy atom. The Morgan fingerprint density at radius 2 is 2.33 bits per heavy atom. The third-order valence-electron chi connectivity index (χ3n) is 4.29. The fraction of sp³-hybridized carbons (Fsp3) is 0.533. The Kier molecular flexibility index (Phi) is 2.67. The van der Waals surface area contributed by atoms with E-state index in [0.29, 0.717) is 6.61 Å². The zero-order valence-corrected chi connectivity index (χ0v) is 11.0. The Morgan fingerprint density at radius 3 is 3.11 bits per heavy atom. The summed E-state index contributed by atoms with van der Waals surface area (Å²) in [5.74, 6) is 0.157. The van der Waals surface area contributed by atoms with Crippen molar-refractivity contribution in [2.24, 2.45) is 0 Å². The van der Waals surface area contributed by atoms with Crippen molar-refractivity contribution in [3.8, 4) is 0 Å². The van der Waals surface area contributed by atoms with Gasteiger partial charge in [-0.15, -0.1) is 0 Å². The highest BCUT2D eigenvalue weighted by Gasteiger charge is 2.49. The van der Waals surface area contributed by atoms with Crippen LogP contribution in [0.5, 0.6) is 0 Å². The number of aryl methyl sites for hydroxylation is 1. The molecule has 2 heterocycles. The van der Waals surface area contributed by atoms with Crippen molar-refractivity contribution in [2.45, 2.75) is 44.6 Å². The SMILES string of the molecule is CCC1CC2(CCO1)C(=O)Nc1ccc(C)cc12. The van der Waals surface area contributed by atoms with Crippen LogP contribution >= 0.6 is 0 Å². The molecule has 0 bridgehead atoms. The minimum absolute atomic E-state index is 0.157. The molecule has 1 spiro atoms. The van der Waals surface area contributed by atoms with Crippen molar-refractivity contribution in [1.29, 1.82) is 0 Å². The molecule has 0 aromatic heterocycles. The highest BCUT2D eigenvalue weighted by atomic mass is 16.5. The molecule has 3 nitrogen and oxygen atoms in total. The molecule has 2 unspecified atom stereocenters. The molecule has 2 aliphatic heterocycles. The van der Waals surface area contributed by atoms with Crippen molar-refractivity contribution in [3.63, 3.8) is 0 Å². The monoisotopic (exact) mass is 245 g/mol. The van der Waals surface area contributed by atoms with E-state index in [1.807, 2.05) is 6.07 Å². The van der Waals surface area contributed by atoms with Gasteiger partial charge in [-0.05, 0) is 37.8 Å². The van der Waals surface area contributed by atoms with Gasteiger partial charge in [0.2, 0.25) is 5.91 Å². The molecule has 18 heavy (non-hydrogen) atoms. The maximum atomic E-state index is 12.4. The maximum Gasteiger partial charge on any atom is 0.235 e. The van der Waals surface area contributed by atoms with E-state index in [-0.39, 0.29) is 17.4 Å². The van der Waals surface area contributed by atoms with E-state index in [2.05, 4.69) is 31.3 Å². The maximum absolute atomic E-state index is 12.4. The van der Waals surface area contributed by atoms with Crippen LogP contribution in [-0.4, -0.2) is 18.6 Å². The van der Waals surface area contributed by atoms with Gasteiger partial charge in [0, 0.05) is 12.3 Å². The van der Waals surface area contributed by atoms with Gasteiger partial charge in [-0.2, -0.15) is 0 Å². The summed E-state index contributed by atoms with van der Waals surface area (Å²) >= 11 is 0. The molecule has 3 heteroatoms. The van der Waals surface area contributed by atoms with Crippen molar-refractivity contribution in [2.75, 3.05) is 11.9 Å². The molecule has 2 aliphatic rings. The first-order valence-electron chi connectivity index (χ1n) is 6.70. The lowest BCUT2D eigenvalue weighted by atomic mass is 9.72. The molecular weight excluding hydrogens is 226 g/mol. The molecular formula is C15H19NO2. The quantitative estimate of drug-likeness (QED) is 0.826. The highest BCUT2D eigenvalue weighted by molar-refractivity contribution is 6.06. The molecule has 0 aliphatic carbocycles. The predicted molar refractivity (Wildman–Crippen MR) is 70.8 cm³/mol. The van der Waals surface area contributed by atoms with Crippen LogP contribution in [0.2, 0.25) is 0 Å². The second kappa shape index (κ2) is 4.09. The van der Waals surface area contributed by atoms with Crippen LogP contribution in [0.25, 0.3) is 0 Å². The lowest BCUT2D eigenvalue weighted by molar-refractivity contribution is -0.126. The van der Waals surface area contributed by atoms with E-state index >= 15 is 0 Å². The number of benzene rings is 1. The summed E-state index contributed by atoms with van der Waals surface area (Å²) in [6.07, 6.45) is 2.78. The summed E-state index contributed by atoms with van der Waals surface area (Å²) in [7, 11) is 0. The number of carbonyl (C=O) groups is 1. The minimum atomic E-state index is -0.347. The normalized spacial score (nSPS) is 30.3. The van der Waals surface area contributed by atoms with Crippen LogP contribution in [0.15, 0.2) is 18.2 Å². The largest absolute Gasteiger partial charge is 0.378 e. The van der Waals surface area contributed by atoms with E-state index in [4.69, 9.17) is 4.74 Å². The molecule has 1 fully saturated rings. The Labute approximate surface area is 108 Å². The van der Waals surface area contributed by atoms with Gasteiger partial charge in [-0.3, -0.25) is 4.79 Å². The average Bonchev–Trinajstić information content (AvgIpc) is 2.63. The van der Waals surface area contributed by atoms with Gasteiger partial charge in [0.05, 0.1) is 11.5 Å². The fourth-order valence-corrected chi connectivity index (χ4v) is 3.19. The molecule has 3 rings (SSSR count). The van der Waals surface area contributed by atoms with E-state index < -0.39 is 0 Å². The molecule has 1 aromatic carbocycles. The van der Waals surface area contributed by atoms with Crippen LogP contribution in [0.1, 0.15) is 37.3 Å². The topological polar surface area (TPSA) is 38.3 Å². The highest BCUT2D eigenvalue weighted by Crippen LogP contribution is 2.46. The lowest BCUT2D eigenvalue weighted by Crippen LogP contribution is -2.43. The van der Waals surface area contributed by atoms with E-state index in [9.17, 15) is 4.79 Å². The molecule has 1 amide bonds. The predicted octanol–water partition coefficient (Wildman–Crippen LogP) is 2.77. The third kappa shape index (κ3) is 1.57. The van der Waals surface area contributed by atoms with Crippen LogP contribution in [0.3, 0.4) is 0 Å². The number of carbonyl (C=O) groups excluding carboxylic acids is 1. The molecule has 0 saturated carbocycles. The first-order valence-corrected chi connectivity index (χ1v) is 6.70. The van der Waals surface area contributed by atoms with Gasteiger partial charge in [0.15, 0.2) is 0 Å².